The molecule has 0 amide bonds. The fraction of sp³-hybridized carbons (Fsp3) is 1.00. The van der Waals surface area contributed by atoms with E-state index in [1.165, 1.54) is 12.8 Å². The van der Waals surface area contributed by atoms with Gasteiger partial charge in [0.05, 0.1) is 6.10 Å². The van der Waals surface area contributed by atoms with Crippen LogP contribution in [0.25, 0.3) is 0 Å². The lowest BCUT2D eigenvalue weighted by atomic mass is 9.81. The lowest BCUT2D eigenvalue weighted by Crippen LogP contribution is -2.22. The van der Waals surface area contributed by atoms with Gasteiger partial charge in [-0.25, -0.2) is 0 Å². The van der Waals surface area contributed by atoms with Crippen LogP contribution in [0.1, 0.15) is 66.7 Å². The van der Waals surface area contributed by atoms with Gasteiger partial charge in [-0.05, 0) is 24.2 Å². The Morgan fingerprint density at radius 2 is 1.57 bits per heavy atom. The molecule has 1 N–H and O–H groups in total. The van der Waals surface area contributed by atoms with Gasteiger partial charge < -0.3 is 5.11 Å². The third-order valence-electron chi connectivity index (χ3n) is 3.51. The average Bonchev–Trinajstić information content (AvgIpc) is 2.13. The van der Waals surface area contributed by atoms with Crippen molar-refractivity contribution in [1.82, 2.24) is 0 Å². The predicted molar refractivity (Wildman–Crippen MR) is 63.4 cm³/mol. The van der Waals surface area contributed by atoms with E-state index < -0.39 is 0 Å². The van der Waals surface area contributed by atoms with Gasteiger partial charge in [-0.1, -0.05) is 53.9 Å². The summed E-state index contributed by atoms with van der Waals surface area (Å²) in [5.41, 5.74) is 0.297. The minimum atomic E-state index is -0.102. The second-order valence-electron chi connectivity index (χ2n) is 5.29. The van der Waals surface area contributed by atoms with Gasteiger partial charge in [0.1, 0.15) is 0 Å². The maximum atomic E-state index is 9.95. The number of hydrogen-bond acceptors (Lipinski definition) is 1. The van der Waals surface area contributed by atoms with Gasteiger partial charge in [-0.3, -0.25) is 0 Å². The Morgan fingerprint density at radius 3 is 1.93 bits per heavy atom. The van der Waals surface area contributed by atoms with Crippen LogP contribution >= 0.6 is 0 Å². The maximum Gasteiger partial charge on any atom is 0.0548 e. The van der Waals surface area contributed by atoms with Crippen LogP contribution in [-0.2, 0) is 0 Å². The van der Waals surface area contributed by atoms with E-state index in [9.17, 15) is 5.11 Å². The van der Waals surface area contributed by atoms with Crippen molar-refractivity contribution in [1.29, 1.82) is 0 Å². The standard InChI is InChI=1S/C13H28O/c1-6-11(7-2)9-12(14)10-13(4,5)8-3/h11-12,14H,6-10H2,1-5H3. The van der Waals surface area contributed by atoms with Crippen LogP contribution in [0, 0.1) is 11.3 Å². The molecule has 1 nitrogen and oxygen atoms in total. The fourth-order valence-corrected chi connectivity index (χ4v) is 1.87. The molecule has 1 heteroatoms. The fourth-order valence-electron chi connectivity index (χ4n) is 1.87. The lowest BCUT2D eigenvalue weighted by molar-refractivity contribution is 0.0866. The highest BCUT2D eigenvalue weighted by Gasteiger charge is 2.21. The van der Waals surface area contributed by atoms with E-state index >= 15 is 0 Å². The molecule has 0 aliphatic heterocycles. The minimum absolute atomic E-state index is 0.102. The number of hydrogen-bond donors (Lipinski definition) is 1. The van der Waals surface area contributed by atoms with Crippen LogP contribution in [0.4, 0.5) is 0 Å². The summed E-state index contributed by atoms with van der Waals surface area (Å²) in [6.07, 6.45) is 5.36. The van der Waals surface area contributed by atoms with E-state index in [-0.39, 0.29) is 6.10 Å². The monoisotopic (exact) mass is 200 g/mol. The first-order chi connectivity index (χ1) is 6.45. The van der Waals surface area contributed by atoms with Crippen molar-refractivity contribution in [2.75, 3.05) is 0 Å². The molecule has 0 aliphatic carbocycles. The van der Waals surface area contributed by atoms with Crippen molar-refractivity contribution in [3.63, 3.8) is 0 Å². The molecular formula is C13H28O. The molecule has 0 spiro atoms. The average molecular weight is 200 g/mol. The number of rotatable bonds is 7. The van der Waals surface area contributed by atoms with Crippen molar-refractivity contribution in [2.45, 2.75) is 72.8 Å². The molecule has 14 heavy (non-hydrogen) atoms. The maximum absolute atomic E-state index is 9.95. The van der Waals surface area contributed by atoms with Gasteiger partial charge >= 0.3 is 0 Å². The van der Waals surface area contributed by atoms with Gasteiger partial charge in [-0.2, -0.15) is 0 Å². The van der Waals surface area contributed by atoms with E-state index in [4.69, 9.17) is 0 Å². The van der Waals surface area contributed by atoms with Crippen LogP contribution in [0.3, 0.4) is 0 Å². The SMILES string of the molecule is CCC(CC)CC(O)CC(C)(C)CC. The highest BCUT2D eigenvalue weighted by atomic mass is 16.3. The third-order valence-corrected chi connectivity index (χ3v) is 3.51. The second kappa shape index (κ2) is 6.44. The van der Waals surface area contributed by atoms with Crippen molar-refractivity contribution in [3.05, 3.63) is 0 Å². The van der Waals surface area contributed by atoms with Crippen LogP contribution in [0.2, 0.25) is 0 Å². The van der Waals surface area contributed by atoms with E-state index in [0.29, 0.717) is 11.3 Å². The molecular weight excluding hydrogens is 172 g/mol. The van der Waals surface area contributed by atoms with Crippen LogP contribution < -0.4 is 0 Å². The van der Waals surface area contributed by atoms with E-state index in [1.807, 2.05) is 0 Å². The Labute approximate surface area is 89.9 Å². The van der Waals surface area contributed by atoms with Crippen LogP contribution in [-0.4, -0.2) is 11.2 Å². The largest absolute Gasteiger partial charge is 0.393 e. The Kier molecular flexibility index (Phi) is 6.43. The highest BCUT2D eigenvalue weighted by molar-refractivity contribution is 4.73. The molecule has 0 aromatic carbocycles. The smallest absolute Gasteiger partial charge is 0.0548 e. The molecule has 1 atom stereocenters. The normalized spacial score (nSPS) is 14.8. The summed E-state index contributed by atoms with van der Waals surface area (Å²) in [5, 5.41) is 9.95. The molecule has 0 aromatic rings. The van der Waals surface area contributed by atoms with Gasteiger partial charge in [0, 0.05) is 0 Å². The topological polar surface area (TPSA) is 20.2 Å². The van der Waals surface area contributed by atoms with Crippen molar-refractivity contribution >= 4 is 0 Å². The highest BCUT2D eigenvalue weighted by Crippen LogP contribution is 2.29. The molecule has 0 radical (unpaired) electrons. The molecule has 0 aliphatic rings. The molecule has 0 fully saturated rings. The molecule has 0 bridgehead atoms. The van der Waals surface area contributed by atoms with E-state index in [0.717, 1.165) is 19.3 Å². The Bertz CT molecular complexity index is 136. The molecule has 86 valence electrons. The van der Waals surface area contributed by atoms with Crippen LogP contribution in [0.15, 0.2) is 0 Å². The molecule has 0 aromatic heterocycles. The molecule has 0 heterocycles. The Hall–Kier alpha value is -0.0400. The summed E-state index contributed by atoms with van der Waals surface area (Å²) < 4.78 is 0. The van der Waals surface area contributed by atoms with Crippen LogP contribution in [0.5, 0.6) is 0 Å². The predicted octanol–water partition coefficient (Wildman–Crippen LogP) is 4.00. The zero-order valence-corrected chi connectivity index (χ0v) is 10.6. The van der Waals surface area contributed by atoms with Crippen molar-refractivity contribution in [3.8, 4) is 0 Å². The number of aliphatic hydroxyl groups is 1. The van der Waals surface area contributed by atoms with Gasteiger partial charge in [0.25, 0.3) is 0 Å². The van der Waals surface area contributed by atoms with Gasteiger partial charge in [-0.15, -0.1) is 0 Å². The summed E-state index contributed by atoms with van der Waals surface area (Å²) in [6.45, 7) is 11.1. The molecule has 0 saturated heterocycles. The summed E-state index contributed by atoms with van der Waals surface area (Å²) in [5.74, 6) is 0.706. The van der Waals surface area contributed by atoms with E-state index in [2.05, 4.69) is 34.6 Å². The lowest BCUT2D eigenvalue weighted by Gasteiger charge is -2.27. The number of aliphatic hydroxyl groups excluding tert-OH is 1. The Balaban J connectivity index is 3.90. The summed E-state index contributed by atoms with van der Waals surface area (Å²) in [6, 6.07) is 0. The first-order valence-electron chi connectivity index (χ1n) is 6.13. The zero-order chi connectivity index (χ0) is 11.2. The summed E-state index contributed by atoms with van der Waals surface area (Å²) >= 11 is 0. The third kappa shape index (κ3) is 5.64. The van der Waals surface area contributed by atoms with Gasteiger partial charge in [0.2, 0.25) is 0 Å². The van der Waals surface area contributed by atoms with Crippen molar-refractivity contribution < 1.29 is 5.11 Å². The van der Waals surface area contributed by atoms with Gasteiger partial charge in [0.15, 0.2) is 0 Å². The summed E-state index contributed by atoms with van der Waals surface area (Å²) in [7, 11) is 0. The zero-order valence-electron chi connectivity index (χ0n) is 10.6. The second-order valence-corrected chi connectivity index (χ2v) is 5.29. The minimum Gasteiger partial charge on any atom is -0.393 e. The molecule has 0 rings (SSSR count). The Morgan fingerprint density at radius 1 is 1.07 bits per heavy atom. The van der Waals surface area contributed by atoms with E-state index in [1.54, 1.807) is 0 Å². The molecule has 1 unspecified atom stereocenters. The first-order valence-corrected chi connectivity index (χ1v) is 6.13. The summed E-state index contributed by atoms with van der Waals surface area (Å²) in [4.78, 5) is 0. The molecule has 0 saturated carbocycles. The quantitative estimate of drug-likeness (QED) is 0.658. The first kappa shape index (κ1) is 14.0. The van der Waals surface area contributed by atoms with Crippen molar-refractivity contribution in [2.24, 2.45) is 11.3 Å².